The fraction of sp³-hybridized carbons (Fsp3) is 0.188. The first-order valence-corrected chi connectivity index (χ1v) is 7.21. The van der Waals surface area contributed by atoms with Crippen LogP contribution in [0, 0.1) is 0 Å². The molecule has 0 saturated carbocycles. The Balaban J connectivity index is 1.76. The molecule has 0 aliphatic carbocycles. The van der Waals surface area contributed by atoms with Gasteiger partial charge in [-0.05, 0) is 30.3 Å². The summed E-state index contributed by atoms with van der Waals surface area (Å²) in [6.07, 6.45) is -0.115. The zero-order chi connectivity index (χ0) is 14.4. The number of rotatable bonds is 1. The van der Waals surface area contributed by atoms with Crippen LogP contribution < -0.4 is 10.1 Å². The molecule has 3 aromatic rings. The summed E-state index contributed by atoms with van der Waals surface area (Å²) in [6, 6.07) is 13.7. The molecule has 1 aliphatic heterocycles. The minimum Gasteiger partial charge on any atom is -0.478 e. The Morgan fingerprint density at radius 3 is 3.05 bits per heavy atom. The molecule has 4 nitrogen and oxygen atoms in total. The predicted molar refractivity (Wildman–Crippen MR) is 84.0 cm³/mol. The van der Waals surface area contributed by atoms with Crippen LogP contribution in [-0.2, 0) is 7.05 Å². The molecule has 5 heteroatoms. The van der Waals surface area contributed by atoms with Crippen LogP contribution >= 0.6 is 11.6 Å². The largest absolute Gasteiger partial charge is 0.478 e. The number of aromatic nitrogens is 2. The normalized spacial score (nSPS) is 17.1. The fourth-order valence-electron chi connectivity index (χ4n) is 2.73. The van der Waals surface area contributed by atoms with Crippen molar-refractivity contribution in [2.24, 2.45) is 7.05 Å². The number of fused-ring (bicyclic) bond motifs is 2. The lowest BCUT2D eigenvalue weighted by Crippen LogP contribution is -2.25. The van der Waals surface area contributed by atoms with Crippen LogP contribution in [0.1, 0.15) is 11.9 Å². The van der Waals surface area contributed by atoms with Gasteiger partial charge in [-0.3, -0.25) is 0 Å². The first-order chi connectivity index (χ1) is 10.2. The van der Waals surface area contributed by atoms with E-state index in [1.807, 2.05) is 54.1 Å². The molecule has 4 rings (SSSR count). The van der Waals surface area contributed by atoms with Crippen LogP contribution in [0.3, 0.4) is 0 Å². The zero-order valence-electron chi connectivity index (χ0n) is 11.5. The van der Waals surface area contributed by atoms with E-state index in [4.69, 9.17) is 16.3 Å². The van der Waals surface area contributed by atoms with Gasteiger partial charge in [0.25, 0.3) is 0 Å². The highest BCUT2D eigenvalue weighted by atomic mass is 35.5. The summed E-state index contributed by atoms with van der Waals surface area (Å²) >= 11 is 6.07. The molecule has 0 radical (unpaired) electrons. The van der Waals surface area contributed by atoms with Crippen LogP contribution in [0.15, 0.2) is 42.5 Å². The van der Waals surface area contributed by atoms with Crippen molar-refractivity contribution < 1.29 is 4.74 Å². The third kappa shape index (κ3) is 2.03. The molecule has 0 fully saturated rings. The van der Waals surface area contributed by atoms with Crippen LogP contribution in [-0.4, -0.2) is 16.1 Å². The standard InChI is InChI=1S/C16H14ClN3O/c1-20-13-8-10(17)6-7-11(13)19-16(20)15-9-18-12-4-2-3-5-14(12)21-15/h2-8,15,18H,9H2,1H3. The summed E-state index contributed by atoms with van der Waals surface area (Å²) in [5.74, 6) is 1.76. The summed E-state index contributed by atoms with van der Waals surface area (Å²) < 4.78 is 8.12. The highest BCUT2D eigenvalue weighted by molar-refractivity contribution is 6.31. The molecule has 0 saturated heterocycles. The molecule has 1 aliphatic rings. The maximum Gasteiger partial charge on any atom is 0.173 e. The Morgan fingerprint density at radius 1 is 1.29 bits per heavy atom. The molecule has 1 aromatic heterocycles. The number of aryl methyl sites for hydroxylation is 1. The predicted octanol–water partition coefficient (Wildman–Crippen LogP) is 3.77. The van der Waals surface area contributed by atoms with Crippen molar-refractivity contribution in [3.63, 3.8) is 0 Å². The Hall–Kier alpha value is -2.20. The van der Waals surface area contributed by atoms with E-state index in [1.165, 1.54) is 0 Å². The molecule has 0 amide bonds. The maximum absolute atomic E-state index is 6.08. The van der Waals surface area contributed by atoms with Gasteiger partial charge in [-0.25, -0.2) is 4.98 Å². The van der Waals surface area contributed by atoms with Gasteiger partial charge in [-0.15, -0.1) is 0 Å². The lowest BCUT2D eigenvalue weighted by atomic mass is 10.2. The van der Waals surface area contributed by atoms with Crippen LogP contribution in [0.2, 0.25) is 5.02 Å². The van der Waals surface area contributed by atoms with E-state index >= 15 is 0 Å². The SMILES string of the molecule is Cn1c(C2CNc3ccccc3O2)nc2ccc(Cl)cc21. The molecule has 106 valence electrons. The number of anilines is 1. The Labute approximate surface area is 127 Å². The average Bonchev–Trinajstić information content (AvgIpc) is 2.84. The van der Waals surface area contributed by atoms with Crippen molar-refractivity contribution in [1.29, 1.82) is 0 Å². The lowest BCUT2D eigenvalue weighted by molar-refractivity contribution is 0.197. The third-order valence-corrected chi connectivity index (χ3v) is 4.03. The van der Waals surface area contributed by atoms with Gasteiger partial charge in [0.2, 0.25) is 0 Å². The van der Waals surface area contributed by atoms with Gasteiger partial charge in [0.1, 0.15) is 5.75 Å². The first kappa shape index (κ1) is 12.5. The van der Waals surface area contributed by atoms with E-state index in [9.17, 15) is 0 Å². The van der Waals surface area contributed by atoms with Gasteiger partial charge < -0.3 is 14.6 Å². The van der Waals surface area contributed by atoms with Gasteiger partial charge in [0, 0.05) is 12.1 Å². The summed E-state index contributed by atoms with van der Waals surface area (Å²) in [4.78, 5) is 4.69. The number of para-hydroxylation sites is 2. The summed E-state index contributed by atoms with van der Waals surface area (Å²) in [5.41, 5.74) is 2.97. The summed E-state index contributed by atoms with van der Waals surface area (Å²) in [5, 5.41) is 4.10. The maximum atomic E-state index is 6.08. The minimum atomic E-state index is -0.115. The molecule has 0 bridgehead atoms. The van der Waals surface area contributed by atoms with Crippen molar-refractivity contribution >= 4 is 28.3 Å². The highest BCUT2D eigenvalue weighted by Gasteiger charge is 2.25. The van der Waals surface area contributed by atoms with Gasteiger partial charge in [-0.2, -0.15) is 0 Å². The summed E-state index contributed by atoms with van der Waals surface area (Å²) in [6.45, 7) is 0.696. The Morgan fingerprint density at radius 2 is 2.14 bits per heavy atom. The molecule has 0 spiro atoms. The average molecular weight is 300 g/mol. The van der Waals surface area contributed by atoms with Gasteiger partial charge >= 0.3 is 0 Å². The van der Waals surface area contributed by atoms with Gasteiger partial charge in [0.05, 0.1) is 23.3 Å². The number of benzene rings is 2. The van der Waals surface area contributed by atoms with E-state index in [1.54, 1.807) is 0 Å². The van der Waals surface area contributed by atoms with Crippen LogP contribution in [0.4, 0.5) is 5.69 Å². The number of hydrogen-bond acceptors (Lipinski definition) is 3. The number of halogens is 1. The van der Waals surface area contributed by atoms with Crippen molar-refractivity contribution in [1.82, 2.24) is 9.55 Å². The van der Waals surface area contributed by atoms with Crippen LogP contribution in [0.5, 0.6) is 5.75 Å². The third-order valence-electron chi connectivity index (χ3n) is 3.80. The smallest absolute Gasteiger partial charge is 0.173 e. The van der Waals surface area contributed by atoms with E-state index in [0.29, 0.717) is 11.6 Å². The second-order valence-corrected chi connectivity index (χ2v) is 5.58. The monoisotopic (exact) mass is 299 g/mol. The topological polar surface area (TPSA) is 39.1 Å². The molecule has 21 heavy (non-hydrogen) atoms. The minimum absolute atomic E-state index is 0.115. The second kappa shape index (κ2) is 4.67. The van der Waals surface area contributed by atoms with E-state index in [-0.39, 0.29) is 6.10 Å². The molecule has 1 N–H and O–H groups in total. The fourth-order valence-corrected chi connectivity index (χ4v) is 2.89. The molecule has 2 heterocycles. The molecule has 2 aromatic carbocycles. The number of nitrogens with zero attached hydrogens (tertiary/aromatic N) is 2. The number of imidazole rings is 1. The molecular weight excluding hydrogens is 286 g/mol. The first-order valence-electron chi connectivity index (χ1n) is 6.84. The van der Waals surface area contributed by atoms with Crippen molar-refractivity contribution in [3.8, 4) is 5.75 Å². The Bertz CT molecular complexity index is 828. The summed E-state index contributed by atoms with van der Waals surface area (Å²) in [7, 11) is 1.99. The molecular formula is C16H14ClN3O. The molecule has 1 atom stereocenters. The van der Waals surface area contributed by atoms with Crippen molar-refractivity contribution in [3.05, 3.63) is 53.3 Å². The van der Waals surface area contributed by atoms with E-state index in [2.05, 4.69) is 10.3 Å². The second-order valence-electron chi connectivity index (χ2n) is 5.15. The molecule has 1 unspecified atom stereocenters. The number of nitrogens with one attached hydrogen (secondary N) is 1. The quantitative estimate of drug-likeness (QED) is 0.743. The Kier molecular flexibility index (Phi) is 2.79. The van der Waals surface area contributed by atoms with E-state index in [0.717, 1.165) is 28.3 Å². The van der Waals surface area contributed by atoms with Crippen LogP contribution in [0.25, 0.3) is 11.0 Å². The van der Waals surface area contributed by atoms with Gasteiger partial charge in [0.15, 0.2) is 11.9 Å². The number of ether oxygens (including phenoxy) is 1. The van der Waals surface area contributed by atoms with E-state index < -0.39 is 0 Å². The number of hydrogen-bond donors (Lipinski definition) is 1. The van der Waals surface area contributed by atoms with Crippen molar-refractivity contribution in [2.75, 3.05) is 11.9 Å². The lowest BCUT2D eigenvalue weighted by Gasteiger charge is -2.26. The zero-order valence-corrected chi connectivity index (χ0v) is 12.3. The highest BCUT2D eigenvalue weighted by Crippen LogP contribution is 2.34. The van der Waals surface area contributed by atoms with Crippen molar-refractivity contribution in [2.45, 2.75) is 6.10 Å². The van der Waals surface area contributed by atoms with Gasteiger partial charge in [-0.1, -0.05) is 23.7 Å².